The molecular weight excluding hydrogens is 272 g/mol. The van der Waals surface area contributed by atoms with Gasteiger partial charge in [-0.2, -0.15) is 0 Å². The number of rotatable bonds is 7. The van der Waals surface area contributed by atoms with Gasteiger partial charge in [0, 0.05) is 30.8 Å². The minimum Gasteiger partial charge on any atom is -0.384 e. The summed E-state index contributed by atoms with van der Waals surface area (Å²) in [5.41, 5.74) is 1.51. The second-order valence-corrected chi connectivity index (χ2v) is 5.96. The van der Waals surface area contributed by atoms with Crippen molar-refractivity contribution < 1.29 is 4.79 Å². The number of amides is 1. The SMILES string of the molecule is CCCNc1ccc(Cl)cc1C(=O)N(C)CCC(C)C. The average Bonchev–Trinajstić information content (AvgIpc) is 2.42. The van der Waals surface area contributed by atoms with Crippen LogP contribution in [0, 0.1) is 5.92 Å². The Kier molecular flexibility index (Phi) is 6.86. The molecule has 0 aromatic heterocycles. The summed E-state index contributed by atoms with van der Waals surface area (Å²) in [7, 11) is 1.84. The first-order chi connectivity index (χ1) is 9.45. The molecule has 0 radical (unpaired) electrons. The third-order valence-corrected chi connectivity index (χ3v) is 3.40. The van der Waals surface area contributed by atoms with Crippen LogP contribution in [0.15, 0.2) is 18.2 Å². The largest absolute Gasteiger partial charge is 0.384 e. The summed E-state index contributed by atoms with van der Waals surface area (Å²) >= 11 is 6.03. The van der Waals surface area contributed by atoms with Crippen molar-refractivity contribution in [3.63, 3.8) is 0 Å². The Hall–Kier alpha value is -1.22. The van der Waals surface area contributed by atoms with E-state index in [0.717, 1.165) is 31.6 Å². The Bertz CT molecular complexity index is 446. The number of carbonyl (C=O) groups excluding carboxylic acids is 1. The molecule has 3 nitrogen and oxygen atoms in total. The molecule has 0 saturated heterocycles. The van der Waals surface area contributed by atoms with Gasteiger partial charge in [-0.1, -0.05) is 32.4 Å². The molecular formula is C16H25ClN2O. The minimum absolute atomic E-state index is 0.0201. The highest BCUT2D eigenvalue weighted by Crippen LogP contribution is 2.22. The monoisotopic (exact) mass is 296 g/mol. The van der Waals surface area contributed by atoms with Crippen molar-refractivity contribution in [2.45, 2.75) is 33.6 Å². The van der Waals surface area contributed by atoms with Gasteiger partial charge in [0.15, 0.2) is 0 Å². The van der Waals surface area contributed by atoms with Crippen molar-refractivity contribution in [3.8, 4) is 0 Å². The number of hydrogen-bond donors (Lipinski definition) is 1. The lowest BCUT2D eigenvalue weighted by atomic mass is 10.1. The van der Waals surface area contributed by atoms with E-state index in [2.05, 4.69) is 26.1 Å². The van der Waals surface area contributed by atoms with Crippen LogP contribution in [-0.2, 0) is 0 Å². The number of hydrogen-bond acceptors (Lipinski definition) is 2. The molecule has 1 N–H and O–H groups in total. The zero-order valence-corrected chi connectivity index (χ0v) is 13.6. The van der Waals surface area contributed by atoms with E-state index in [1.807, 2.05) is 19.2 Å². The number of nitrogens with zero attached hydrogens (tertiary/aromatic N) is 1. The van der Waals surface area contributed by atoms with Gasteiger partial charge >= 0.3 is 0 Å². The van der Waals surface area contributed by atoms with Crippen LogP contribution in [-0.4, -0.2) is 30.9 Å². The molecule has 1 amide bonds. The first-order valence-electron chi connectivity index (χ1n) is 7.24. The molecule has 0 saturated carbocycles. The van der Waals surface area contributed by atoms with E-state index in [1.54, 1.807) is 11.0 Å². The van der Waals surface area contributed by atoms with Gasteiger partial charge in [0.05, 0.1) is 5.56 Å². The third kappa shape index (κ3) is 5.04. The number of benzene rings is 1. The molecule has 4 heteroatoms. The molecule has 20 heavy (non-hydrogen) atoms. The van der Waals surface area contributed by atoms with E-state index in [0.29, 0.717) is 16.5 Å². The molecule has 0 aliphatic rings. The van der Waals surface area contributed by atoms with E-state index in [4.69, 9.17) is 11.6 Å². The minimum atomic E-state index is 0.0201. The van der Waals surface area contributed by atoms with E-state index < -0.39 is 0 Å². The summed E-state index contributed by atoms with van der Waals surface area (Å²) in [6, 6.07) is 5.43. The van der Waals surface area contributed by atoms with Crippen molar-refractivity contribution in [1.29, 1.82) is 0 Å². The van der Waals surface area contributed by atoms with Crippen molar-refractivity contribution in [3.05, 3.63) is 28.8 Å². The Labute approximate surface area is 127 Å². The fourth-order valence-electron chi connectivity index (χ4n) is 1.87. The Balaban J connectivity index is 2.86. The van der Waals surface area contributed by atoms with E-state index in [1.165, 1.54) is 0 Å². The smallest absolute Gasteiger partial charge is 0.255 e. The van der Waals surface area contributed by atoms with Crippen molar-refractivity contribution in [2.75, 3.05) is 25.5 Å². The van der Waals surface area contributed by atoms with Gasteiger partial charge in [0.1, 0.15) is 0 Å². The highest BCUT2D eigenvalue weighted by Gasteiger charge is 2.16. The van der Waals surface area contributed by atoms with Gasteiger partial charge in [-0.05, 0) is 37.0 Å². The highest BCUT2D eigenvalue weighted by molar-refractivity contribution is 6.31. The van der Waals surface area contributed by atoms with Crippen molar-refractivity contribution >= 4 is 23.2 Å². The Morgan fingerprint density at radius 3 is 2.70 bits per heavy atom. The zero-order chi connectivity index (χ0) is 15.1. The third-order valence-electron chi connectivity index (χ3n) is 3.17. The molecule has 0 spiro atoms. The van der Waals surface area contributed by atoms with Crippen molar-refractivity contribution in [2.24, 2.45) is 5.92 Å². The fraction of sp³-hybridized carbons (Fsp3) is 0.562. The first kappa shape index (κ1) is 16.8. The maximum atomic E-state index is 12.5. The molecule has 1 rings (SSSR count). The van der Waals surface area contributed by atoms with Gasteiger partial charge in [-0.15, -0.1) is 0 Å². The molecule has 1 aromatic rings. The standard InChI is InChI=1S/C16H25ClN2O/c1-5-9-18-15-7-6-13(17)11-14(15)16(20)19(4)10-8-12(2)3/h6-7,11-12,18H,5,8-10H2,1-4H3. The van der Waals surface area contributed by atoms with E-state index in [9.17, 15) is 4.79 Å². The van der Waals surface area contributed by atoms with E-state index >= 15 is 0 Å². The second kappa shape index (κ2) is 8.15. The lowest BCUT2D eigenvalue weighted by Gasteiger charge is -2.20. The Morgan fingerprint density at radius 2 is 2.10 bits per heavy atom. The van der Waals surface area contributed by atoms with Gasteiger partial charge in [0.2, 0.25) is 0 Å². The molecule has 0 fully saturated rings. The van der Waals surface area contributed by atoms with Crippen LogP contribution in [0.5, 0.6) is 0 Å². The number of halogens is 1. The maximum Gasteiger partial charge on any atom is 0.255 e. The molecule has 112 valence electrons. The normalized spacial score (nSPS) is 10.7. The van der Waals surface area contributed by atoms with Crippen LogP contribution < -0.4 is 5.32 Å². The van der Waals surface area contributed by atoms with Crippen LogP contribution in [0.2, 0.25) is 5.02 Å². The highest BCUT2D eigenvalue weighted by atomic mass is 35.5. The topological polar surface area (TPSA) is 32.3 Å². The number of carbonyl (C=O) groups is 1. The molecule has 1 aromatic carbocycles. The fourth-order valence-corrected chi connectivity index (χ4v) is 2.04. The summed E-state index contributed by atoms with van der Waals surface area (Å²) < 4.78 is 0. The summed E-state index contributed by atoms with van der Waals surface area (Å²) in [4.78, 5) is 14.3. The lowest BCUT2D eigenvalue weighted by molar-refractivity contribution is 0.0790. The summed E-state index contributed by atoms with van der Waals surface area (Å²) in [6.07, 6.45) is 2.01. The summed E-state index contributed by atoms with van der Waals surface area (Å²) in [6.45, 7) is 8.02. The molecule has 0 bridgehead atoms. The van der Waals surface area contributed by atoms with Crippen molar-refractivity contribution in [1.82, 2.24) is 4.90 Å². The molecule has 0 unspecified atom stereocenters. The van der Waals surface area contributed by atoms with E-state index in [-0.39, 0.29) is 5.91 Å². The average molecular weight is 297 g/mol. The summed E-state index contributed by atoms with van der Waals surface area (Å²) in [5, 5.41) is 3.88. The predicted molar refractivity (Wildman–Crippen MR) is 86.6 cm³/mol. The van der Waals surface area contributed by atoms with Gasteiger partial charge in [-0.3, -0.25) is 4.79 Å². The molecule has 0 atom stereocenters. The van der Waals surface area contributed by atoms with Crippen LogP contribution in [0.1, 0.15) is 44.0 Å². The predicted octanol–water partition coefficient (Wildman–Crippen LogP) is 4.28. The van der Waals surface area contributed by atoms with Gasteiger partial charge in [0.25, 0.3) is 5.91 Å². The quantitative estimate of drug-likeness (QED) is 0.814. The molecule has 0 heterocycles. The number of nitrogens with one attached hydrogen (secondary N) is 1. The van der Waals surface area contributed by atoms with Crippen LogP contribution >= 0.6 is 11.6 Å². The van der Waals surface area contributed by atoms with Gasteiger partial charge < -0.3 is 10.2 Å². The second-order valence-electron chi connectivity index (χ2n) is 5.53. The van der Waals surface area contributed by atoms with Gasteiger partial charge in [-0.25, -0.2) is 0 Å². The zero-order valence-electron chi connectivity index (χ0n) is 12.9. The molecule has 0 aliphatic carbocycles. The lowest BCUT2D eigenvalue weighted by Crippen LogP contribution is -2.29. The maximum absolute atomic E-state index is 12.5. The van der Waals surface area contributed by atoms with Crippen LogP contribution in [0.3, 0.4) is 0 Å². The number of anilines is 1. The van der Waals surface area contributed by atoms with Crippen LogP contribution in [0.4, 0.5) is 5.69 Å². The van der Waals surface area contributed by atoms with Crippen LogP contribution in [0.25, 0.3) is 0 Å². The first-order valence-corrected chi connectivity index (χ1v) is 7.62. The molecule has 0 aliphatic heterocycles. The summed E-state index contributed by atoms with van der Waals surface area (Å²) in [5.74, 6) is 0.606. The Morgan fingerprint density at radius 1 is 1.40 bits per heavy atom.